The molecule has 2 heterocycles. The average molecular weight is 480 g/mol. The smallest absolute Gasteiger partial charge is 0.243 e. The van der Waals surface area contributed by atoms with Gasteiger partial charge in [-0.3, -0.25) is 19.4 Å². The first kappa shape index (κ1) is 25.6. The Morgan fingerprint density at radius 1 is 0.818 bits per heavy atom. The highest BCUT2D eigenvalue weighted by Gasteiger charge is 2.27. The molecule has 0 spiro atoms. The summed E-state index contributed by atoms with van der Waals surface area (Å²) in [7, 11) is -3.46. The Labute approximate surface area is 197 Å². The van der Waals surface area contributed by atoms with Crippen molar-refractivity contribution in [1.29, 1.82) is 0 Å². The third-order valence-corrected chi connectivity index (χ3v) is 7.68. The largest absolute Gasteiger partial charge is 0.350 e. The Bertz CT molecular complexity index is 921. The van der Waals surface area contributed by atoms with Gasteiger partial charge in [-0.1, -0.05) is 0 Å². The maximum Gasteiger partial charge on any atom is 0.243 e. The predicted molar refractivity (Wildman–Crippen MR) is 128 cm³/mol. The van der Waals surface area contributed by atoms with Crippen molar-refractivity contribution in [3.8, 4) is 0 Å². The number of rotatable bonds is 7. The first-order valence-corrected chi connectivity index (χ1v) is 13.1. The second-order valence-corrected chi connectivity index (χ2v) is 11.8. The lowest BCUT2D eigenvalue weighted by atomic mass is 10.1. The van der Waals surface area contributed by atoms with Gasteiger partial charge in [0.25, 0.3) is 0 Å². The van der Waals surface area contributed by atoms with Gasteiger partial charge in [-0.2, -0.15) is 4.31 Å². The van der Waals surface area contributed by atoms with Crippen LogP contribution in [0.3, 0.4) is 0 Å². The van der Waals surface area contributed by atoms with Crippen LogP contribution in [0.2, 0.25) is 0 Å². The molecule has 0 bridgehead atoms. The summed E-state index contributed by atoms with van der Waals surface area (Å²) in [6.07, 6.45) is 2.68. The van der Waals surface area contributed by atoms with Crippen molar-refractivity contribution in [3.63, 3.8) is 0 Å². The summed E-state index contributed by atoms with van der Waals surface area (Å²) in [6.45, 7) is 10.7. The molecule has 2 saturated heterocycles. The highest BCUT2D eigenvalue weighted by molar-refractivity contribution is 7.89. The fourth-order valence-electron chi connectivity index (χ4n) is 4.19. The third kappa shape index (κ3) is 7.77. The Morgan fingerprint density at radius 2 is 1.36 bits per heavy atom. The minimum atomic E-state index is -3.46. The minimum absolute atomic E-state index is 0.0175. The van der Waals surface area contributed by atoms with Crippen molar-refractivity contribution in [1.82, 2.24) is 19.4 Å². The summed E-state index contributed by atoms with van der Waals surface area (Å²) in [5.41, 5.74) is 0.333. The number of sulfonamides is 1. The number of nitrogens with zero attached hydrogens (tertiary/aromatic N) is 3. The van der Waals surface area contributed by atoms with Crippen LogP contribution in [-0.2, 0) is 19.6 Å². The van der Waals surface area contributed by atoms with Crippen molar-refractivity contribution in [3.05, 3.63) is 24.3 Å². The molecule has 0 saturated carbocycles. The number of carbonyl (C=O) groups excluding carboxylic acids is 2. The average Bonchev–Trinajstić information content (AvgIpc) is 3.18. The van der Waals surface area contributed by atoms with Crippen LogP contribution in [0.5, 0.6) is 0 Å². The Kier molecular flexibility index (Phi) is 8.49. The molecule has 2 amide bonds. The predicted octanol–water partition coefficient (Wildman–Crippen LogP) is 1.33. The summed E-state index contributed by atoms with van der Waals surface area (Å²) in [6, 6.07) is 6.38. The number of hydrogen-bond donors (Lipinski definition) is 2. The van der Waals surface area contributed by atoms with Crippen LogP contribution >= 0.6 is 0 Å². The molecule has 2 fully saturated rings. The Balaban J connectivity index is 1.46. The number of hydrogen-bond acceptors (Lipinski definition) is 6. The summed E-state index contributed by atoms with van der Waals surface area (Å²) < 4.78 is 26.8. The molecule has 184 valence electrons. The van der Waals surface area contributed by atoms with Gasteiger partial charge in [-0.25, -0.2) is 8.42 Å². The maximum absolute atomic E-state index is 12.6. The summed E-state index contributed by atoms with van der Waals surface area (Å²) in [5, 5.41) is 5.85. The van der Waals surface area contributed by atoms with Crippen molar-refractivity contribution in [2.45, 2.75) is 50.5 Å². The molecule has 1 aromatic rings. The summed E-state index contributed by atoms with van der Waals surface area (Å²) >= 11 is 0. The number of benzene rings is 1. The van der Waals surface area contributed by atoms with E-state index in [2.05, 4.69) is 20.4 Å². The van der Waals surface area contributed by atoms with E-state index in [1.807, 2.05) is 20.8 Å². The SMILES string of the molecule is CC(C)(C)NC(=O)CN1CCCN(CC(=O)Nc2ccc(S(=O)(=O)N3CCCC3)cc2)CC1. The van der Waals surface area contributed by atoms with Crippen molar-refractivity contribution in [2.24, 2.45) is 0 Å². The zero-order valence-corrected chi connectivity index (χ0v) is 20.8. The van der Waals surface area contributed by atoms with Crippen LogP contribution in [0.1, 0.15) is 40.0 Å². The van der Waals surface area contributed by atoms with Gasteiger partial charge in [-0.15, -0.1) is 0 Å². The molecule has 2 aliphatic rings. The van der Waals surface area contributed by atoms with Gasteiger partial charge in [0.2, 0.25) is 21.8 Å². The normalized spacial score (nSPS) is 19.2. The van der Waals surface area contributed by atoms with E-state index >= 15 is 0 Å². The third-order valence-electron chi connectivity index (χ3n) is 5.77. The highest BCUT2D eigenvalue weighted by Crippen LogP contribution is 2.22. The van der Waals surface area contributed by atoms with Crippen LogP contribution < -0.4 is 10.6 Å². The van der Waals surface area contributed by atoms with E-state index in [0.717, 1.165) is 38.9 Å². The zero-order chi connectivity index (χ0) is 24.1. The van der Waals surface area contributed by atoms with E-state index in [1.165, 1.54) is 4.31 Å². The van der Waals surface area contributed by atoms with Gasteiger partial charge >= 0.3 is 0 Å². The summed E-state index contributed by atoms with van der Waals surface area (Å²) in [4.78, 5) is 29.2. The van der Waals surface area contributed by atoms with E-state index in [0.29, 0.717) is 31.9 Å². The Morgan fingerprint density at radius 3 is 1.91 bits per heavy atom. The van der Waals surface area contributed by atoms with Crippen molar-refractivity contribution >= 4 is 27.5 Å². The molecule has 10 heteroatoms. The first-order chi connectivity index (χ1) is 15.5. The molecule has 9 nitrogen and oxygen atoms in total. The second kappa shape index (κ2) is 10.9. The second-order valence-electron chi connectivity index (χ2n) is 9.89. The van der Waals surface area contributed by atoms with Gasteiger partial charge in [-0.05, 0) is 77.4 Å². The van der Waals surface area contributed by atoms with Crippen LogP contribution in [0, 0.1) is 0 Å². The van der Waals surface area contributed by atoms with Crippen LogP contribution in [0.25, 0.3) is 0 Å². The quantitative estimate of drug-likeness (QED) is 0.612. The number of amides is 2. The fraction of sp³-hybridized carbons (Fsp3) is 0.652. The van der Waals surface area contributed by atoms with Gasteiger partial charge in [0.05, 0.1) is 18.0 Å². The molecule has 3 rings (SSSR count). The number of carbonyl (C=O) groups is 2. The van der Waals surface area contributed by atoms with Crippen LogP contribution in [-0.4, -0.2) is 92.2 Å². The van der Waals surface area contributed by atoms with Gasteiger partial charge < -0.3 is 10.6 Å². The molecule has 33 heavy (non-hydrogen) atoms. The van der Waals surface area contributed by atoms with E-state index < -0.39 is 10.0 Å². The molecule has 1 aromatic carbocycles. The molecule has 0 unspecified atom stereocenters. The topological polar surface area (TPSA) is 102 Å². The van der Waals surface area contributed by atoms with Crippen LogP contribution in [0.15, 0.2) is 29.2 Å². The van der Waals surface area contributed by atoms with Crippen LogP contribution in [0.4, 0.5) is 5.69 Å². The van der Waals surface area contributed by atoms with Gasteiger partial charge in [0.1, 0.15) is 0 Å². The number of nitrogens with one attached hydrogen (secondary N) is 2. The van der Waals surface area contributed by atoms with E-state index in [9.17, 15) is 18.0 Å². The Hall–Kier alpha value is -2.01. The molecule has 0 radical (unpaired) electrons. The summed E-state index contributed by atoms with van der Waals surface area (Å²) in [5.74, 6) is -0.118. The molecule has 0 aromatic heterocycles. The van der Waals surface area contributed by atoms with Crippen molar-refractivity contribution < 1.29 is 18.0 Å². The standard InChI is InChI=1S/C23H37N5O4S/c1-23(2,3)25-22(30)18-27-12-6-11-26(15-16-27)17-21(29)24-19-7-9-20(10-8-19)33(31,32)28-13-4-5-14-28/h7-10H,4-6,11-18H2,1-3H3,(H,24,29)(H,25,30). The minimum Gasteiger partial charge on any atom is -0.350 e. The molecule has 2 N–H and O–H groups in total. The van der Waals surface area contributed by atoms with Crippen molar-refractivity contribution in [2.75, 3.05) is 57.7 Å². The number of anilines is 1. The molecule has 0 atom stereocenters. The monoisotopic (exact) mass is 479 g/mol. The van der Waals surface area contributed by atoms with Gasteiger partial charge in [0.15, 0.2) is 0 Å². The highest BCUT2D eigenvalue weighted by atomic mass is 32.2. The first-order valence-electron chi connectivity index (χ1n) is 11.7. The lowest BCUT2D eigenvalue weighted by molar-refractivity contribution is -0.123. The lowest BCUT2D eigenvalue weighted by Crippen LogP contribution is -2.46. The van der Waals surface area contributed by atoms with E-state index in [-0.39, 0.29) is 28.8 Å². The zero-order valence-electron chi connectivity index (χ0n) is 20.0. The van der Waals surface area contributed by atoms with E-state index in [1.54, 1.807) is 24.3 Å². The van der Waals surface area contributed by atoms with Gasteiger partial charge in [0, 0.05) is 37.4 Å². The fourth-order valence-corrected chi connectivity index (χ4v) is 5.71. The van der Waals surface area contributed by atoms with E-state index in [4.69, 9.17) is 0 Å². The molecular weight excluding hydrogens is 442 g/mol. The molecule has 0 aliphatic carbocycles. The molecular formula is C23H37N5O4S. The molecule has 2 aliphatic heterocycles. The maximum atomic E-state index is 12.6. The lowest BCUT2D eigenvalue weighted by Gasteiger charge is -2.25.